The Kier molecular flexibility index (Phi) is 4.38. The molecule has 2 aromatic carbocycles. The Labute approximate surface area is 176 Å². The van der Waals surface area contributed by atoms with Crippen LogP contribution in [-0.4, -0.2) is 19.6 Å². The monoisotopic (exact) mass is 414 g/mol. The van der Waals surface area contributed by atoms with Gasteiger partial charge in [-0.2, -0.15) is 5.26 Å². The lowest BCUT2D eigenvalue weighted by molar-refractivity contribution is 0.0793. The van der Waals surface area contributed by atoms with Gasteiger partial charge in [0.1, 0.15) is 17.2 Å². The van der Waals surface area contributed by atoms with Crippen molar-refractivity contribution in [1.82, 2.24) is 14.5 Å². The number of benzene rings is 2. The molecule has 3 heterocycles. The highest BCUT2D eigenvalue weighted by Gasteiger charge is 2.45. The Morgan fingerprint density at radius 1 is 1.06 bits per heavy atom. The fraction of sp³-hybridized carbons (Fsp3) is 0.125. The van der Waals surface area contributed by atoms with Gasteiger partial charge in [-0.3, -0.25) is 4.98 Å². The van der Waals surface area contributed by atoms with E-state index >= 15 is 0 Å². The first-order valence-corrected chi connectivity index (χ1v) is 9.66. The number of rotatable bonds is 3. The highest BCUT2D eigenvalue weighted by Crippen LogP contribution is 2.47. The summed E-state index contributed by atoms with van der Waals surface area (Å²) in [6.07, 6.45) is 5.94. The van der Waals surface area contributed by atoms with Gasteiger partial charge in [0, 0.05) is 23.7 Å². The maximum atomic E-state index is 14.8. The van der Waals surface area contributed by atoms with Gasteiger partial charge < -0.3 is 9.67 Å². The van der Waals surface area contributed by atoms with Crippen molar-refractivity contribution in [3.8, 4) is 17.2 Å². The highest BCUT2D eigenvalue weighted by atomic mass is 19.1. The molecular weight excluding hydrogens is 398 g/mol. The van der Waals surface area contributed by atoms with Crippen molar-refractivity contribution in [3.63, 3.8) is 0 Å². The van der Waals surface area contributed by atoms with Crippen LogP contribution in [0.4, 0.5) is 8.78 Å². The van der Waals surface area contributed by atoms with Gasteiger partial charge in [-0.05, 0) is 35.4 Å². The van der Waals surface area contributed by atoms with Crippen LogP contribution in [0.2, 0.25) is 0 Å². The zero-order chi connectivity index (χ0) is 21.6. The summed E-state index contributed by atoms with van der Waals surface area (Å²) < 4.78 is 30.8. The Morgan fingerprint density at radius 2 is 1.94 bits per heavy atom. The number of pyridine rings is 1. The average Bonchev–Trinajstić information content (AvgIpc) is 3.38. The molecule has 0 aliphatic carbocycles. The van der Waals surface area contributed by atoms with Crippen molar-refractivity contribution in [3.05, 3.63) is 107 Å². The Morgan fingerprint density at radius 3 is 2.71 bits per heavy atom. The van der Waals surface area contributed by atoms with Crippen LogP contribution < -0.4 is 0 Å². The topological polar surface area (TPSA) is 74.7 Å². The standard InChI is InChI=1S/C24H16F2N4O/c25-20-8-15(11-27)4-5-19(20)22-10-24(31,23-13-29-14-30(22)23)17-3-1-2-16(9-17)18-6-7-28-12-21(18)26/h1-9,12-14,22,31H,10H2/t22-,24+/m1/s1. The molecule has 0 amide bonds. The summed E-state index contributed by atoms with van der Waals surface area (Å²) >= 11 is 0. The Bertz CT molecular complexity index is 1340. The highest BCUT2D eigenvalue weighted by molar-refractivity contribution is 5.65. The van der Waals surface area contributed by atoms with Gasteiger partial charge in [-0.25, -0.2) is 13.8 Å². The van der Waals surface area contributed by atoms with Crippen LogP contribution in [-0.2, 0) is 5.60 Å². The summed E-state index contributed by atoms with van der Waals surface area (Å²) in [5, 5.41) is 20.7. The average molecular weight is 414 g/mol. The van der Waals surface area contributed by atoms with Crippen molar-refractivity contribution in [1.29, 1.82) is 5.26 Å². The molecule has 4 aromatic rings. The first-order valence-electron chi connectivity index (χ1n) is 9.66. The van der Waals surface area contributed by atoms with Crippen molar-refractivity contribution < 1.29 is 13.9 Å². The van der Waals surface area contributed by atoms with Gasteiger partial charge in [0.25, 0.3) is 0 Å². The van der Waals surface area contributed by atoms with Crippen LogP contribution in [0.1, 0.15) is 34.8 Å². The Hall–Kier alpha value is -3.89. The molecule has 7 heteroatoms. The molecule has 31 heavy (non-hydrogen) atoms. The fourth-order valence-corrected chi connectivity index (χ4v) is 4.30. The third-order valence-corrected chi connectivity index (χ3v) is 5.83. The van der Waals surface area contributed by atoms with Crippen LogP contribution in [0, 0.1) is 23.0 Å². The minimum absolute atomic E-state index is 0.177. The van der Waals surface area contributed by atoms with Crippen LogP contribution >= 0.6 is 0 Å². The number of nitrogens with zero attached hydrogens (tertiary/aromatic N) is 4. The van der Waals surface area contributed by atoms with Crippen LogP contribution in [0.25, 0.3) is 11.1 Å². The van der Waals surface area contributed by atoms with Gasteiger partial charge in [0.05, 0.1) is 42.1 Å². The molecule has 0 radical (unpaired) electrons. The number of fused-ring (bicyclic) bond motifs is 1. The smallest absolute Gasteiger partial charge is 0.149 e. The van der Waals surface area contributed by atoms with Gasteiger partial charge >= 0.3 is 0 Å². The number of imidazole rings is 1. The number of hydrogen-bond donors (Lipinski definition) is 1. The molecule has 1 aliphatic rings. The van der Waals surface area contributed by atoms with Crippen molar-refractivity contribution in [2.75, 3.05) is 0 Å². The molecule has 0 spiro atoms. The second-order valence-corrected chi connectivity index (χ2v) is 7.55. The molecule has 5 nitrogen and oxygen atoms in total. The van der Waals surface area contributed by atoms with E-state index in [0.29, 0.717) is 27.9 Å². The zero-order valence-corrected chi connectivity index (χ0v) is 16.2. The lowest BCUT2D eigenvalue weighted by Crippen LogP contribution is -2.24. The van der Waals surface area contributed by atoms with Crippen LogP contribution in [0.3, 0.4) is 0 Å². The van der Waals surface area contributed by atoms with E-state index in [1.54, 1.807) is 59.6 Å². The summed E-state index contributed by atoms with van der Waals surface area (Å²) in [5.41, 5.74) is 1.21. The number of hydrogen-bond acceptors (Lipinski definition) is 4. The van der Waals surface area contributed by atoms with E-state index in [1.165, 1.54) is 12.3 Å². The van der Waals surface area contributed by atoms with Crippen molar-refractivity contribution in [2.45, 2.75) is 18.1 Å². The lowest BCUT2D eigenvalue weighted by atomic mass is 9.85. The number of halogens is 2. The molecular formula is C24H16F2N4O. The first-order chi connectivity index (χ1) is 15.0. The molecule has 0 saturated heterocycles. The summed E-state index contributed by atoms with van der Waals surface area (Å²) in [7, 11) is 0. The molecule has 152 valence electrons. The molecule has 1 N–H and O–H groups in total. The fourth-order valence-electron chi connectivity index (χ4n) is 4.30. The third kappa shape index (κ3) is 3.00. The number of nitriles is 1. The summed E-state index contributed by atoms with van der Waals surface area (Å²) in [4.78, 5) is 7.94. The second kappa shape index (κ2) is 7.11. The van der Waals surface area contributed by atoms with E-state index in [0.717, 1.165) is 6.20 Å². The maximum absolute atomic E-state index is 14.8. The maximum Gasteiger partial charge on any atom is 0.149 e. The van der Waals surface area contributed by atoms with E-state index in [1.807, 2.05) is 6.07 Å². The minimum Gasteiger partial charge on any atom is -0.379 e. The summed E-state index contributed by atoms with van der Waals surface area (Å²) in [5.74, 6) is -0.971. The predicted molar refractivity (Wildman–Crippen MR) is 109 cm³/mol. The molecule has 0 bridgehead atoms. The van der Waals surface area contributed by atoms with Crippen LogP contribution in [0.15, 0.2) is 73.4 Å². The Balaban J connectivity index is 1.60. The van der Waals surface area contributed by atoms with E-state index in [2.05, 4.69) is 9.97 Å². The molecule has 2 aromatic heterocycles. The summed E-state index contributed by atoms with van der Waals surface area (Å²) in [6, 6.07) is 14.3. The number of aliphatic hydroxyl groups is 1. The third-order valence-electron chi connectivity index (χ3n) is 5.83. The quantitative estimate of drug-likeness (QED) is 0.542. The first kappa shape index (κ1) is 19.1. The van der Waals surface area contributed by atoms with Gasteiger partial charge in [-0.1, -0.05) is 24.3 Å². The van der Waals surface area contributed by atoms with Crippen molar-refractivity contribution >= 4 is 0 Å². The molecule has 5 rings (SSSR count). The van der Waals surface area contributed by atoms with Gasteiger partial charge in [0.2, 0.25) is 0 Å². The molecule has 1 aliphatic heterocycles. The van der Waals surface area contributed by atoms with E-state index in [-0.39, 0.29) is 12.0 Å². The predicted octanol–water partition coefficient (Wildman–Crippen LogP) is 4.32. The normalized spacial score (nSPS) is 19.7. The minimum atomic E-state index is -1.44. The molecule has 0 unspecified atom stereocenters. The van der Waals surface area contributed by atoms with Gasteiger partial charge in [0.15, 0.2) is 0 Å². The van der Waals surface area contributed by atoms with Crippen molar-refractivity contribution in [2.24, 2.45) is 0 Å². The number of aromatic nitrogens is 3. The zero-order valence-electron chi connectivity index (χ0n) is 16.2. The van der Waals surface area contributed by atoms with Crippen LogP contribution in [0.5, 0.6) is 0 Å². The SMILES string of the molecule is N#Cc1ccc([C@H]2C[C@](O)(c3cccc(-c4ccncc4F)c3)c3cncn32)c(F)c1. The lowest BCUT2D eigenvalue weighted by Gasteiger charge is -2.24. The van der Waals surface area contributed by atoms with E-state index in [9.17, 15) is 13.9 Å². The van der Waals surface area contributed by atoms with E-state index in [4.69, 9.17) is 5.26 Å². The molecule has 0 saturated carbocycles. The molecule has 2 atom stereocenters. The second-order valence-electron chi connectivity index (χ2n) is 7.55. The molecule has 0 fully saturated rings. The largest absolute Gasteiger partial charge is 0.379 e. The summed E-state index contributed by atoms with van der Waals surface area (Å²) in [6.45, 7) is 0. The van der Waals surface area contributed by atoms with E-state index < -0.39 is 23.3 Å². The van der Waals surface area contributed by atoms with Gasteiger partial charge in [-0.15, -0.1) is 0 Å².